The fourth-order valence-corrected chi connectivity index (χ4v) is 4.63. The van der Waals surface area contributed by atoms with Crippen LogP contribution in [0.4, 0.5) is 0 Å². The van der Waals surface area contributed by atoms with Gasteiger partial charge >= 0.3 is 32.5 Å². The fourth-order valence-electron chi connectivity index (χ4n) is 2.31. The zero-order valence-corrected chi connectivity index (χ0v) is 15.1. The zero-order valence-electron chi connectivity index (χ0n) is 12.2. The average molecular weight is 453 g/mol. The summed E-state index contributed by atoms with van der Waals surface area (Å²) in [5.41, 5.74) is 0.504. The van der Waals surface area contributed by atoms with Gasteiger partial charge in [-0.05, 0) is 36.4 Å². The summed E-state index contributed by atoms with van der Waals surface area (Å²) in [7, 11) is 0. The Morgan fingerprint density at radius 3 is 1.50 bits per heavy atom. The van der Waals surface area contributed by atoms with Crippen molar-refractivity contribution < 1.29 is 42.4 Å². The Hall–Kier alpha value is -2.12. The van der Waals surface area contributed by atoms with Gasteiger partial charge < -0.3 is 21.2 Å². The second-order valence-electron chi connectivity index (χ2n) is 4.97. The molecule has 0 aliphatic carbocycles. The van der Waals surface area contributed by atoms with Crippen LogP contribution in [-0.2, 0) is 0 Å². The van der Waals surface area contributed by atoms with E-state index in [1.165, 1.54) is 12.1 Å². The maximum Gasteiger partial charge on any atom is 0.358 e. The summed E-state index contributed by atoms with van der Waals surface area (Å²) in [6.07, 6.45) is 0. The van der Waals surface area contributed by atoms with Gasteiger partial charge in [-0.15, -0.1) is 0 Å². The third kappa shape index (κ3) is 3.37. The first-order valence-electron chi connectivity index (χ1n) is 6.90. The van der Waals surface area contributed by atoms with E-state index in [-0.39, 0.29) is 23.7 Å². The third-order valence-electron chi connectivity index (χ3n) is 3.39. The maximum atomic E-state index is 11.3. The lowest BCUT2D eigenvalue weighted by molar-refractivity contribution is -0.597. The highest BCUT2D eigenvalue weighted by Crippen LogP contribution is 2.11. The molecule has 0 radical (unpaired) electrons. The first kappa shape index (κ1) is 16.7. The minimum atomic E-state index is -0.465. The highest BCUT2D eigenvalue weighted by Gasteiger charge is 2.17. The van der Waals surface area contributed by atoms with E-state index in [1.807, 2.05) is 36.4 Å². The van der Waals surface area contributed by atoms with Crippen LogP contribution in [0.25, 0.3) is 21.9 Å². The van der Waals surface area contributed by atoms with Crippen LogP contribution in [-0.4, -0.2) is 0 Å². The Morgan fingerprint density at radius 2 is 1.04 bits per heavy atom. The summed E-state index contributed by atoms with van der Waals surface area (Å²) < 4.78 is 12.7. The fraction of sp³-hybridized carbons (Fsp3) is 0. The molecular formula is C18H10ClIO4. The van der Waals surface area contributed by atoms with Crippen molar-refractivity contribution in [3.63, 3.8) is 0 Å². The molecule has 0 N–H and O–H groups in total. The van der Waals surface area contributed by atoms with E-state index in [0.29, 0.717) is 11.2 Å². The van der Waals surface area contributed by atoms with E-state index >= 15 is 0 Å². The Balaban J connectivity index is 0.00000169. The standard InChI is InChI=1S/C18H10IO4.ClH/c20-17-7-3-11-1-5-13(9-15(11)22-17)19-14-6-2-12-4-8-18(21)23-16(12)10-14;/h1-10H;1H/q+1;/p-1. The lowest BCUT2D eigenvalue weighted by atomic mass is 10.2. The van der Waals surface area contributed by atoms with E-state index in [2.05, 4.69) is 0 Å². The minimum Gasteiger partial charge on any atom is -1.00 e. The van der Waals surface area contributed by atoms with Crippen LogP contribution in [0.3, 0.4) is 0 Å². The van der Waals surface area contributed by atoms with Gasteiger partial charge in [0.2, 0.25) is 0 Å². The SMILES string of the molecule is O=c1ccc2ccc([I+]c3ccc4ccc(=O)oc4c3)cc2o1.[Cl-]. The van der Waals surface area contributed by atoms with Crippen LogP contribution in [0.1, 0.15) is 0 Å². The summed E-state index contributed by atoms with van der Waals surface area (Å²) >= 11 is -0.465. The van der Waals surface area contributed by atoms with Gasteiger partial charge in [0.05, 0.1) is 0 Å². The molecule has 0 aliphatic rings. The van der Waals surface area contributed by atoms with Crippen LogP contribution in [0.15, 0.2) is 79.1 Å². The summed E-state index contributed by atoms with van der Waals surface area (Å²) in [6.45, 7) is 0. The van der Waals surface area contributed by atoms with Crippen LogP contribution < -0.4 is 44.9 Å². The van der Waals surface area contributed by atoms with Gasteiger partial charge in [-0.2, -0.15) is 0 Å². The van der Waals surface area contributed by atoms with Crippen LogP contribution in [0.2, 0.25) is 0 Å². The monoisotopic (exact) mass is 452 g/mol. The Bertz CT molecular complexity index is 1060. The molecule has 6 heteroatoms. The third-order valence-corrected chi connectivity index (χ3v) is 5.98. The molecule has 2 aromatic heterocycles. The van der Waals surface area contributed by atoms with E-state index in [1.54, 1.807) is 12.1 Å². The molecule has 4 aromatic rings. The van der Waals surface area contributed by atoms with Gasteiger partial charge in [0.25, 0.3) is 0 Å². The molecule has 0 bridgehead atoms. The molecule has 0 unspecified atom stereocenters. The topological polar surface area (TPSA) is 60.4 Å². The van der Waals surface area contributed by atoms with Crippen molar-refractivity contribution in [3.05, 3.63) is 88.6 Å². The van der Waals surface area contributed by atoms with E-state index in [0.717, 1.165) is 17.9 Å². The number of hydrogen-bond acceptors (Lipinski definition) is 4. The van der Waals surface area contributed by atoms with E-state index < -0.39 is 21.2 Å². The van der Waals surface area contributed by atoms with E-state index in [4.69, 9.17) is 8.83 Å². The highest BCUT2D eigenvalue weighted by atomic mass is 127. The minimum absolute atomic E-state index is 0. The van der Waals surface area contributed by atoms with Gasteiger partial charge in [0.15, 0.2) is 7.14 Å². The van der Waals surface area contributed by atoms with Crippen LogP contribution in [0, 0.1) is 7.14 Å². The summed E-state index contributed by atoms with van der Waals surface area (Å²) in [5.74, 6) is 0. The Morgan fingerprint density at radius 1 is 0.625 bits per heavy atom. The second kappa shape index (κ2) is 6.78. The smallest absolute Gasteiger partial charge is 0.358 e. The number of benzene rings is 2. The highest BCUT2D eigenvalue weighted by molar-refractivity contribution is 5.76. The largest absolute Gasteiger partial charge is 1.00 e. The Labute approximate surface area is 152 Å². The molecule has 120 valence electrons. The molecule has 4 rings (SSSR count). The summed E-state index contributed by atoms with van der Waals surface area (Å²) in [4.78, 5) is 22.7. The molecule has 0 aliphatic heterocycles. The maximum absolute atomic E-state index is 11.3. The first-order valence-corrected chi connectivity index (χ1v) is 9.06. The molecule has 2 aromatic carbocycles. The van der Waals surface area contributed by atoms with Crippen molar-refractivity contribution in [3.8, 4) is 0 Å². The molecule has 0 saturated heterocycles. The predicted molar refractivity (Wildman–Crippen MR) is 82.4 cm³/mol. The molecular weight excluding hydrogens is 443 g/mol. The molecule has 4 nitrogen and oxygen atoms in total. The predicted octanol–water partition coefficient (Wildman–Crippen LogP) is -2.97. The van der Waals surface area contributed by atoms with Crippen molar-refractivity contribution in [2.45, 2.75) is 0 Å². The van der Waals surface area contributed by atoms with Crippen molar-refractivity contribution >= 4 is 21.9 Å². The van der Waals surface area contributed by atoms with Gasteiger partial charge in [0.1, 0.15) is 11.2 Å². The van der Waals surface area contributed by atoms with Crippen molar-refractivity contribution in [1.82, 2.24) is 0 Å². The molecule has 24 heavy (non-hydrogen) atoms. The average Bonchev–Trinajstić information content (AvgIpc) is 2.54. The molecule has 0 saturated carbocycles. The number of rotatable bonds is 2. The van der Waals surface area contributed by atoms with Crippen LogP contribution >= 0.6 is 0 Å². The quantitative estimate of drug-likeness (QED) is 0.241. The summed E-state index contributed by atoms with van der Waals surface area (Å²) in [6, 6.07) is 18.2. The van der Waals surface area contributed by atoms with Gasteiger partial charge in [-0.3, -0.25) is 0 Å². The van der Waals surface area contributed by atoms with Crippen molar-refractivity contribution in [1.29, 1.82) is 0 Å². The van der Waals surface area contributed by atoms with Gasteiger partial charge in [-0.1, -0.05) is 0 Å². The molecule has 0 atom stereocenters. The lowest BCUT2D eigenvalue weighted by Crippen LogP contribution is -3.61. The Kier molecular flexibility index (Phi) is 4.73. The summed E-state index contributed by atoms with van der Waals surface area (Å²) in [5, 5.41) is 1.81. The number of fused-ring (bicyclic) bond motifs is 2. The number of hydrogen-bond donors (Lipinski definition) is 0. The van der Waals surface area contributed by atoms with E-state index in [9.17, 15) is 9.59 Å². The molecule has 0 spiro atoms. The van der Waals surface area contributed by atoms with Gasteiger partial charge in [0, 0.05) is 35.0 Å². The molecule has 0 amide bonds. The first-order chi connectivity index (χ1) is 11.2. The van der Waals surface area contributed by atoms with Gasteiger partial charge in [-0.25, -0.2) is 9.59 Å². The number of halogens is 2. The van der Waals surface area contributed by atoms with Crippen molar-refractivity contribution in [2.75, 3.05) is 0 Å². The van der Waals surface area contributed by atoms with Crippen LogP contribution in [0.5, 0.6) is 0 Å². The second-order valence-corrected chi connectivity index (χ2v) is 8.00. The molecule has 0 fully saturated rings. The normalized spacial score (nSPS) is 10.7. The van der Waals surface area contributed by atoms with Crippen molar-refractivity contribution in [2.24, 2.45) is 0 Å². The zero-order chi connectivity index (χ0) is 15.8. The lowest BCUT2D eigenvalue weighted by Gasteiger charge is -1.95. The molecule has 2 heterocycles.